The van der Waals surface area contributed by atoms with Gasteiger partial charge in [0.2, 0.25) is 0 Å². The number of halogens is 1. The quantitative estimate of drug-likeness (QED) is 0.833. The molecule has 140 valence electrons. The van der Waals surface area contributed by atoms with E-state index >= 15 is 0 Å². The summed E-state index contributed by atoms with van der Waals surface area (Å²) in [5, 5.41) is 9.56. The summed E-state index contributed by atoms with van der Waals surface area (Å²) in [6, 6.07) is 13.3. The molecule has 5 nitrogen and oxygen atoms in total. The van der Waals surface area contributed by atoms with Gasteiger partial charge in [0, 0.05) is 31.7 Å². The normalized spacial score (nSPS) is 15.9. The zero-order valence-electron chi connectivity index (χ0n) is 15.5. The van der Waals surface area contributed by atoms with Crippen molar-refractivity contribution in [2.24, 2.45) is 0 Å². The molecule has 1 heterocycles. The molecular weight excluding hydrogens is 345 g/mol. The number of aryl methyl sites for hydroxylation is 1. The van der Waals surface area contributed by atoms with Crippen LogP contribution in [0.25, 0.3) is 0 Å². The molecule has 3 rings (SSSR count). The summed E-state index contributed by atoms with van der Waals surface area (Å²) in [5.74, 6) is 0.336. The van der Waals surface area contributed by atoms with Gasteiger partial charge in [0.05, 0.1) is 13.2 Å². The third kappa shape index (κ3) is 4.09. The van der Waals surface area contributed by atoms with Crippen molar-refractivity contribution >= 4 is 5.91 Å². The van der Waals surface area contributed by atoms with Gasteiger partial charge in [-0.3, -0.25) is 9.69 Å². The molecule has 0 N–H and O–H groups in total. The molecular formula is C21H22FN3O2. The summed E-state index contributed by atoms with van der Waals surface area (Å²) in [5.41, 5.74) is 2.35. The summed E-state index contributed by atoms with van der Waals surface area (Å²) in [6.45, 7) is 4.18. The number of nitriles is 1. The number of rotatable bonds is 4. The summed E-state index contributed by atoms with van der Waals surface area (Å²) in [4.78, 5) is 16.6. The van der Waals surface area contributed by atoms with E-state index in [1.165, 1.54) is 12.1 Å². The van der Waals surface area contributed by atoms with Gasteiger partial charge in [0.25, 0.3) is 5.91 Å². The first kappa shape index (κ1) is 18.9. The lowest BCUT2D eigenvalue weighted by atomic mass is 10.1. The summed E-state index contributed by atoms with van der Waals surface area (Å²) in [6.07, 6.45) is 0. The highest BCUT2D eigenvalue weighted by Crippen LogP contribution is 2.24. The van der Waals surface area contributed by atoms with Crippen molar-refractivity contribution in [2.75, 3.05) is 33.3 Å². The Morgan fingerprint density at radius 2 is 1.81 bits per heavy atom. The third-order valence-electron chi connectivity index (χ3n) is 4.93. The maximum Gasteiger partial charge on any atom is 0.254 e. The summed E-state index contributed by atoms with van der Waals surface area (Å²) < 4.78 is 18.4. The molecule has 27 heavy (non-hydrogen) atoms. The standard InChI is InChI=1S/C21H22FN3O2/c1-15-3-4-17(13-20(15)27-2)21(26)25-11-9-24(10-12-25)19(14-23)16-5-7-18(22)8-6-16/h3-8,13,19H,9-12H2,1-2H3/t19-/m0/s1. The first-order valence-corrected chi connectivity index (χ1v) is 8.86. The molecule has 1 aliphatic heterocycles. The van der Waals surface area contributed by atoms with Gasteiger partial charge in [0.15, 0.2) is 0 Å². The molecule has 0 radical (unpaired) electrons. The maximum atomic E-state index is 13.1. The van der Waals surface area contributed by atoms with E-state index in [0.717, 1.165) is 11.1 Å². The van der Waals surface area contributed by atoms with E-state index in [0.29, 0.717) is 37.5 Å². The zero-order valence-corrected chi connectivity index (χ0v) is 15.5. The van der Waals surface area contributed by atoms with Gasteiger partial charge in [0.1, 0.15) is 17.6 Å². The fourth-order valence-electron chi connectivity index (χ4n) is 3.33. The van der Waals surface area contributed by atoms with E-state index in [1.54, 1.807) is 30.2 Å². The molecule has 1 fully saturated rings. The number of carbonyl (C=O) groups is 1. The van der Waals surface area contributed by atoms with Crippen LogP contribution >= 0.6 is 0 Å². The number of hydrogen-bond acceptors (Lipinski definition) is 4. The number of carbonyl (C=O) groups excluding carboxylic acids is 1. The number of amides is 1. The number of methoxy groups -OCH3 is 1. The largest absolute Gasteiger partial charge is 0.496 e. The van der Waals surface area contributed by atoms with Gasteiger partial charge in [-0.15, -0.1) is 0 Å². The molecule has 0 unspecified atom stereocenters. The number of benzene rings is 2. The predicted molar refractivity (Wildman–Crippen MR) is 100.0 cm³/mol. The Morgan fingerprint density at radius 3 is 2.41 bits per heavy atom. The Hall–Kier alpha value is -2.91. The highest BCUT2D eigenvalue weighted by atomic mass is 19.1. The minimum absolute atomic E-state index is 0.0387. The van der Waals surface area contributed by atoms with Crippen molar-refractivity contribution in [3.8, 4) is 11.8 Å². The topological polar surface area (TPSA) is 56.6 Å². The van der Waals surface area contributed by atoms with Gasteiger partial charge in [-0.2, -0.15) is 5.26 Å². The second kappa shape index (κ2) is 8.19. The minimum Gasteiger partial charge on any atom is -0.496 e. The van der Waals surface area contributed by atoms with Crippen LogP contribution in [-0.2, 0) is 0 Å². The van der Waals surface area contributed by atoms with Gasteiger partial charge >= 0.3 is 0 Å². The molecule has 1 saturated heterocycles. The fraction of sp³-hybridized carbons (Fsp3) is 0.333. The molecule has 1 aliphatic rings. The lowest BCUT2D eigenvalue weighted by Crippen LogP contribution is -2.49. The number of nitrogens with zero attached hydrogens (tertiary/aromatic N) is 3. The van der Waals surface area contributed by atoms with Crippen molar-refractivity contribution in [3.63, 3.8) is 0 Å². The van der Waals surface area contributed by atoms with Gasteiger partial charge in [-0.25, -0.2) is 4.39 Å². The van der Waals surface area contributed by atoms with Crippen LogP contribution in [0.15, 0.2) is 42.5 Å². The van der Waals surface area contributed by atoms with Crippen LogP contribution in [0.4, 0.5) is 4.39 Å². The van der Waals surface area contributed by atoms with Crippen LogP contribution in [0.3, 0.4) is 0 Å². The Balaban J connectivity index is 1.66. The average molecular weight is 367 g/mol. The Kier molecular flexibility index (Phi) is 5.72. The van der Waals surface area contributed by atoms with Gasteiger partial charge in [-0.05, 0) is 42.3 Å². The predicted octanol–water partition coefficient (Wildman–Crippen LogP) is 3.17. The van der Waals surface area contributed by atoms with Crippen molar-refractivity contribution in [1.82, 2.24) is 9.80 Å². The first-order valence-electron chi connectivity index (χ1n) is 8.86. The fourth-order valence-corrected chi connectivity index (χ4v) is 3.33. The summed E-state index contributed by atoms with van der Waals surface area (Å²) >= 11 is 0. The highest BCUT2D eigenvalue weighted by Gasteiger charge is 2.27. The third-order valence-corrected chi connectivity index (χ3v) is 4.93. The van der Waals surface area contributed by atoms with E-state index in [2.05, 4.69) is 6.07 Å². The monoisotopic (exact) mass is 367 g/mol. The van der Waals surface area contributed by atoms with Gasteiger partial charge < -0.3 is 9.64 Å². The minimum atomic E-state index is -0.442. The molecule has 0 bridgehead atoms. The average Bonchev–Trinajstić information content (AvgIpc) is 2.70. The molecule has 0 aliphatic carbocycles. The van der Waals surface area contributed by atoms with Crippen LogP contribution in [0, 0.1) is 24.1 Å². The highest BCUT2D eigenvalue weighted by molar-refractivity contribution is 5.94. The maximum absolute atomic E-state index is 13.1. The molecule has 0 saturated carbocycles. The second-order valence-corrected chi connectivity index (χ2v) is 6.60. The van der Waals surface area contributed by atoms with Gasteiger partial charge in [-0.1, -0.05) is 18.2 Å². The van der Waals surface area contributed by atoms with E-state index in [1.807, 2.05) is 24.0 Å². The number of ether oxygens (including phenoxy) is 1. The Morgan fingerprint density at radius 1 is 1.15 bits per heavy atom. The Bertz CT molecular complexity index is 853. The SMILES string of the molecule is COc1cc(C(=O)N2CCN([C@@H](C#N)c3ccc(F)cc3)CC2)ccc1C. The van der Waals surface area contributed by atoms with Crippen LogP contribution < -0.4 is 4.74 Å². The molecule has 0 spiro atoms. The Labute approximate surface area is 158 Å². The van der Waals surface area contributed by atoms with Crippen molar-refractivity contribution in [2.45, 2.75) is 13.0 Å². The second-order valence-electron chi connectivity index (χ2n) is 6.60. The van der Waals surface area contributed by atoms with E-state index < -0.39 is 6.04 Å². The molecule has 2 aromatic rings. The summed E-state index contributed by atoms with van der Waals surface area (Å²) in [7, 11) is 1.59. The van der Waals surface area contributed by atoms with E-state index in [4.69, 9.17) is 4.74 Å². The van der Waals surface area contributed by atoms with E-state index in [9.17, 15) is 14.4 Å². The molecule has 6 heteroatoms. The lowest BCUT2D eigenvalue weighted by molar-refractivity contribution is 0.0606. The molecule has 2 aromatic carbocycles. The molecule has 1 amide bonds. The van der Waals surface area contributed by atoms with Crippen LogP contribution in [0.1, 0.15) is 27.5 Å². The lowest BCUT2D eigenvalue weighted by Gasteiger charge is -2.37. The van der Waals surface area contributed by atoms with Crippen LogP contribution in [0.5, 0.6) is 5.75 Å². The number of piperazine rings is 1. The van der Waals surface area contributed by atoms with Crippen molar-refractivity contribution in [3.05, 3.63) is 65.0 Å². The van der Waals surface area contributed by atoms with Crippen LogP contribution in [-0.4, -0.2) is 49.0 Å². The number of hydrogen-bond donors (Lipinski definition) is 0. The van der Waals surface area contributed by atoms with Crippen molar-refractivity contribution in [1.29, 1.82) is 5.26 Å². The van der Waals surface area contributed by atoms with Crippen LogP contribution in [0.2, 0.25) is 0 Å². The molecule has 0 aromatic heterocycles. The first-order chi connectivity index (χ1) is 13.0. The zero-order chi connectivity index (χ0) is 19.4. The van der Waals surface area contributed by atoms with Crippen molar-refractivity contribution < 1.29 is 13.9 Å². The smallest absolute Gasteiger partial charge is 0.254 e. The molecule has 1 atom stereocenters. The van der Waals surface area contributed by atoms with E-state index in [-0.39, 0.29) is 11.7 Å².